The summed E-state index contributed by atoms with van der Waals surface area (Å²) in [4.78, 5) is 0. The van der Waals surface area contributed by atoms with Gasteiger partial charge in [-0.05, 0) is 37.2 Å². The summed E-state index contributed by atoms with van der Waals surface area (Å²) < 4.78 is 20.7. The molecule has 20 heavy (non-hydrogen) atoms. The van der Waals surface area contributed by atoms with Crippen LogP contribution in [0.3, 0.4) is 0 Å². The number of furan rings is 1. The number of aryl methyl sites for hydroxylation is 1. The fourth-order valence-electron chi connectivity index (χ4n) is 2.13. The molecule has 2 rings (SSSR count). The molecule has 0 radical (unpaired) electrons. The van der Waals surface area contributed by atoms with Gasteiger partial charge < -0.3 is 9.73 Å². The highest BCUT2D eigenvalue weighted by atomic mass is 79.9. The second-order valence-corrected chi connectivity index (χ2v) is 5.63. The Morgan fingerprint density at radius 1 is 1.25 bits per heavy atom. The molecule has 0 aliphatic heterocycles. The molecule has 0 amide bonds. The van der Waals surface area contributed by atoms with E-state index in [4.69, 9.17) is 4.42 Å². The number of hydrogen-bond donors (Lipinski definition) is 1. The van der Waals surface area contributed by atoms with Crippen molar-refractivity contribution in [1.82, 2.24) is 5.32 Å². The minimum Gasteiger partial charge on any atom is -0.464 e. The highest BCUT2D eigenvalue weighted by Gasteiger charge is 2.20. The molecule has 4 heteroatoms. The molecule has 0 aliphatic carbocycles. The number of halogens is 2. The molecule has 0 saturated heterocycles. The maximum absolute atomic E-state index is 14.2. The summed E-state index contributed by atoms with van der Waals surface area (Å²) in [5.41, 5.74) is 0.610. The summed E-state index contributed by atoms with van der Waals surface area (Å²) in [7, 11) is 0. The first kappa shape index (κ1) is 15.3. The molecule has 2 aromatic rings. The first-order chi connectivity index (χ1) is 9.65. The van der Waals surface area contributed by atoms with Crippen molar-refractivity contribution in [2.75, 3.05) is 6.54 Å². The third-order valence-electron chi connectivity index (χ3n) is 3.19. The fraction of sp³-hybridized carbons (Fsp3) is 0.375. The first-order valence-electron chi connectivity index (χ1n) is 6.92. The quantitative estimate of drug-likeness (QED) is 0.815. The van der Waals surface area contributed by atoms with Crippen LogP contribution in [0.2, 0.25) is 0 Å². The molecule has 1 aromatic carbocycles. The normalized spacial score (nSPS) is 12.6. The van der Waals surface area contributed by atoms with Gasteiger partial charge in [0.15, 0.2) is 0 Å². The van der Waals surface area contributed by atoms with E-state index in [0.717, 1.165) is 35.4 Å². The average Bonchev–Trinajstić information content (AvgIpc) is 2.90. The van der Waals surface area contributed by atoms with E-state index in [1.807, 2.05) is 25.1 Å². The van der Waals surface area contributed by atoms with Crippen LogP contribution >= 0.6 is 15.9 Å². The zero-order valence-electron chi connectivity index (χ0n) is 11.7. The molecule has 1 unspecified atom stereocenters. The molecule has 0 bridgehead atoms. The average molecular weight is 340 g/mol. The lowest BCUT2D eigenvalue weighted by atomic mass is 10.0. The van der Waals surface area contributed by atoms with Crippen molar-refractivity contribution < 1.29 is 8.81 Å². The van der Waals surface area contributed by atoms with Gasteiger partial charge in [-0.1, -0.05) is 35.8 Å². The van der Waals surface area contributed by atoms with Gasteiger partial charge in [-0.25, -0.2) is 4.39 Å². The molecule has 1 heterocycles. The number of nitrogens with one attached hydrogen (secondary N) is 1. The zero-order chi connectivity index (χ0) is 14.5. The molecule has 2 nitrogen and oxygen atoms in total. The Kier molecular flexibility index (Phi) is 5.38. The van der Waals surface area contributed by atoms with E-state index in [1.54, 1.807) is 6.07 Å². The molecular formula is C16H19BrFNO. The van der Waals surface area contributed by atoms with Crippen LogP contribution < -0.4 is 5.32 Å². The molecule has 1 aromatic heterocycles. The lowest BCUT2D eigenvalue weighted by molar-refractivity contribution is 0.414. The summed E-state index contributed by atoms with van der Waals surface area (Å²) in [5.74, 6) is 1.44. The van der Waals surface area contributed by atoms with Crippen LogP contribution in [0.1, 0.15) is 43.4 Å². The highest BCUT2D eigenvalue weighted by molar-refractivity contribution is 9.10. The maximum atomic E-state index is 14.2. The van der Waals surface area contributed by atoms with E-state index in [2.05, 4.69) is 28.2 Å². The second kappa shape index (κ2) is 7.04. The number of hydrogen-bond acceptors (Lipinski definition) is 2. The lowest BCUT2D eigenvalue weighted by Gasteiger charge is -2.17. The summed E-state index contributed by atoms with van der Waals surface area (Å²) in [6.45, 7) is 4.93. The number of rotatable bonds is 6. The van der Waals surface area contributed by atoms with Crippen LogP contribution in [-0.4, -0.2) is 6.54 Å². The Hall–Kier alpha value is -1.13. The van der Waals surface area contributed by atoms with Crippen molar-refractivity contribution in [3.8, 4) is 0 Å². The minimum atomic E-state index is -0.247. The van der Waals surface area contributed by atoms with Crippen LogP contribution in [0.5, 0.6) is 0 Å². The van der Waals surface area contributed by atoms with Crippen molar-refractivity contribution in [3.63, 3.8) is 0 Å². The smallest absolute Gasteiger partial charge is 0.129 e. The third kappa shape index (κ3) is 3.49. The monoisotopic (exact) mass is 339 g/mol. The van der Waals surface area contributed by atoms with Crippen molar-refractivity contribution in [2.45, 2.75) is 32.7 Å². The second-order valence-electron chi connectivity index (χ2n) is 4.71. The first-order valence-corrected chi connectivity index (χ1v) is 7.72. The van der Waals surface area contributed by atoms with E-state index >= 15 is 0 Å². The van der Waals surface area contributed by atoms with E-state index in [0.29, 0.717) is 5.56 Å². The Bertz CT molecular complexity index is 567. The summed E-state index contributed by atoms with van der Waals surface area (Å²) in [5, 5.41) is 3.35. The summed E-state index contributed by atoms with van der Waals surface area (Å²) in [6.07, 6.45) is 1.82. The van der Waals surface area contributed by atoms with Crippen LogP contribution in [-0.2, 0) is 6.42 Å². The zero-order valence-corrected chi connectivity index (χ0v) is 13.3. The van der Waals surface area contributed by atoms with Crippen molar-refractivity contribution >= 4 is 15.9 Å². The topological polar surface area (TPSA) is 25.2 Å². The maximum Gasteiger partial charge on any atom is 0.129 e. The van der Waals surface area contributed by atoms with Gasteiger partial charge in [0.25, 0.3) is 0 Å². The molecule has 1 N–H and O–H groups in total. The van der Waals surface area contributed by atoms with E-state index < -0.39 is 0 Å². The predicted molar refractivity (Wildman–Crippen MR) is 82.3 cm³/mol. The van der Waals surface area contributed by atoms with Gasteiger partial charge in [0, 0.05) is 16.5 Å². The van der Waals surface area contributed by atoms with Gasteiger partial charge in [-0.3, -0.25) is 0 Å². The molecule has 1 atom stereocenters. The van der Waals surface area contributed by atoms with Crippen molar-refractivity contribution in [2.24, 2.45) is 0 Å². The molecule has 108 valence electrons. The lowest BCUT2D eigenvalue weighted by Crippen LogP contribution is -2.23. The summed E-state index contributed by atoms with van der Waals surface area (Å²) >= 11 is 3.29. The van der Waals surface area contributed by atoms with Crippen molar-refractivity contribution in [3.05, 3.63) is 57.7 Å². The molecule has 0 fully saturated rings. The van der Waals surface area contributed by atoms with Gasteiger partial charge in [-0.15, -0.1) is 0 Å². The molecular weight excluding hydrogens is 321 g/mol. The third-order valence-corrected chi connectivity index (χ3v) is 3.68. The van der Waals surface area contributed by atoms with Gasteiger partial charge >= 0.3 is 0 Å². The molecule has 0 aliphatic rings. The largest absolute Gasteiger partial charge is 0.464 e. The van der Waals surface area contributed by atoms with Crippen LogP contribution in [0, 0.1) is 5.82 Å². The fourth-order valence-corrected chi connectivity index (χ4v) is 2.46. The van der Waals surface area contributed by atoms with Gasteiger partial charge in [0.2, 0.25) is 0 Å². The van der Waals surface area contributed by atoms with Crippen LogP contribution in [0.4, 0.5) is 4.39 Å². The molecule has 0 saturated carbocycles. The molecule has 0 spiro atoms. The number of benzene rings is 1. The van der Waals surface area contributed by atoms with Crippen molar-refractivity contribution in [1.29, 1.82) is 0 Å². The van der Waals surface area contributed by atoms with E-state index in [9.17, 15) is 4.39 Å². The van der Waals surface area contributed by atoms with E-state index in [-0.39, 0.29) is 11.9 Å². The standard InChI is InChI=1S/C16H19BrFNO/c1-3-9-19-16(15-8-6-12(4-2)20-15)13-7-5-11(17)10-14(13)18/h5-8,10,16,19H,3-4,9H2,1-2H3. The predicted octanol–water partition coefficient (Wildman–Crippen LogP) is 4.83. The van der Waals surface area contributed by atoms with Gasteiger partial charge in [0.1, 0.15) is 17.3 Å². The highest BCUT2D eigenvalue weighted by Crippen LogP contribution is 2.28. The van der Waals surface area contributed by atoms with E-state index in [1.165, 1.54) is 6.07 Å². The van der Waals surface area contributed by atoms with Gasteiger partial charge in [-0.2, -0.15) is 0 Å². The Labute approximate surface area is 127 Å². The Morgan fingerprint density at radius 2 is 2.05 bits per heavy atom. The van der Waals surface area contributed by atoms with Crippen LogP contribution in [0.25, 0.3) is 0 Å². The Morgan fingerprint density at radius 3 is 2.65 bits per heavy atom. The minimum absolute atomic E-state index is 0.234. The summed E-state index contributed by atoms with van der Waals surface area (Å²) in [6, 6.07) is 8.76. The van der Waals surface area contributed by atoms with Gasteiger partial charge in [0.05, 0.1) is 6.04 Å². The van der Waals surface area contributed by atoms with Crippen LogP contribution in [0.15, 0.2) is 39.2 Å². The SMILES string of the molecule is CCCNC(c1ccc(CC)o1)c1ccc(Br)cc1F. The Balaban J connectivity index is 2.35.